The van der Waals surface area contributed by atoms with Crippen molar-refractivity contribution in [2.45, 2.75) is 26.4 Å². The Morgan fingerprint density at radius 3 is 2.67 bits per heavy atom. The van der Waals surface area contributed by atoms with Crippen molar-refractivity contribution < 1.29 is 13.2 Å². The predicted octanol–water partition coefficient (Wildman–Crippen LogP) is 0.429. The summed E-state index contributed by atoms with van der Waals surface area (Å²) in [5.41, 5.74) is 0.323. The third-order valence-corrected chi connectivity index (χ3v) is 5.71. The molecule has 0 saturated carbocycles. The highest BCUT2D eigenvalue weighted by atomic mass is 32.2. The predicted molar refractivity (Wildman–Crippen MR) is 103 cm³/mol. The highest BCUT2D eigenvalue weighted by molar-refractivity contribution is 7.88. The summed E-state index contributed by atoms with van der Waals surface area (Å²) in [5.74, 6) is 0.0138. The molecule has 9 heteroatoms. The van der Waals surface area contributed by atoms with Crippen LogP contribution in [0.2, 0.25) is 0 Å². The van der Waals surface area contributed by atoms with Crippen molar-refractivity contribution in [2.75, 3.05) is 19.3 Å². The molecule has 1 aliphatic rings. The first-order valence-electron chi connectivity index (χ1n) is 8.85. The van der Waals surface area contributed by atoms with Gasteiger partial charge in [-0.2, -0.15) is 0 Å². The van der Waals surface area contributed by atoms with E-state index in [-0.39, 0.29) is 35.9 Å². The normalized spacial score (nSPS) is 20.5. The molecule has 2 aromatic rings. The first-order chi connectivity index (χ1) is 12.7. The number of sulfonamides is 1. The zero-order valence-corrected chi connectivity index (χ0v) is 16.4. The zero-order valence-electron chi connectivity index (χ0n) is 15.6. The molecule has 0 radical (unpaired) electrons. The Labute approximate surface area is 158 Å². The van der Waals surface area contributed by atoms with E-state index in [2.05, 4.69) is 9.71 Å². The van der Waals surface area contributed by atoms with Crippen LogP contribution in [0.4, 0.5) is 0 Å². The van der Waals surface area contributed by atoms with Gasteiger partial charge in [0, 0.05) is 19.1 Å². The Bertz CT molecular complexity index is 1020. The molecule has 1 fully saturated rings. The number of aromatic nitrogens is 2. The number of hydrogen-bond donors (Lipinski definition) is 1. The Kier molecular flexibility index (Phi) is 5.34. The Balaban J connectivity index is 1.78. The van der Waals surface area contributed by atoms with Crippen molar-refractivity contribution in [1.29, 1.82) is 0 Å². The van der Waals surface area contributed by atoms with Crippen LogP contribution < -0.4 is 10.3 Å². The highest BCUT2D eigenvalue weighted by Gasteiger charge is 2.38. The van der Waals surface area contributed by atoms with Gasteiger partial charge in [0.05, 0.1) is 23.5 Å². The quantitative estimate of drug-likeness (QED) is 0.795. The van der Waals surface area contributed by atoms with Crippen LogP contribution in [0.5, 0.6) is 0 Å². The van der Waals surface area contributed by atoms with Gasteiger partial charge < -0.3 is 4.90 Å². The van der Waals surface area contributed by atoms with Crippen molar-refractivity contribution in [3.05, 3.63) is 40.9 Å². The van der Waals surface area contributed by atoms with Crippen molar-refractivity contribution in [1.82, 2.24) is 19.2 Å². The molecule has 146 valence electrons. The number of fused-ring (bicyclic) bond motifs is 1. The molecule has 27 heavy (non-hydrogen) atoms. The molecule has 1 saturated heterocycles. The fourth-order valence-corrected chi connectivity index (χ4v) is 4.37. The number of rotatable bonds is 5. The van der Waals surface area contributed by atoms with E-state index in [9.17, 15) is 18.0 Å². The van der Waals surface area contributed by atoms with Gasteiger partial charge in [-0.1, -0.05) is 26.0 Å². The molecule has 1 amide bonds. The maximum atomic E-state index is 12.7. The number of hydrogen-bond acceptors (Lipinski definition) is 5. The van der Waals surface area contributed by atoms with E-state index in [1.165, 1.54) is 10.9 Å². The average Bonchev–Trinajstić information content (AvgIpc) is 3.00. The van der Waals surface area contributed by atoms with Crippen LogP contribution in [0.15, 0.2) is 35.4 Å². The molecule has 0 bridgehead atoms. The molecule has 0 unspecified atom stereocenters. The van der Waals surface area contributed by atoms with Gasteiger partial charge in [-0.3, -0.25) is 14.2 Å². The highest BCUT2D eigenvalue weighted by Crippen LogP contribution is 2.25. The first-order valence-corrected chi connectivity index (χ1v) is 10.7. The van der Waals surface area contributed by atoms with Gasteiger partial charge in [0.1, 0.15) is 6.54 Å². The second kappa shape index (κ2) is 7.40. The maximum absolute atomic E-state index is 12.7. The van der Waals surface area contributed by atoms with Gasteiger partial charge in [0.15, 0.2) is 0 Å². The van der Waals surface area contributed by atoms with Crippen LogP contribution in [0, 0.1) is 11.8 Å². The lowest BCUT2D eigenvalue weighted by atomic mass is 9.92. The lowest BCUT2D eigenvalue weighted by molar-refractivity contribution is -0.131. The molecule has 0 spiro atoms. The largest absolute Gasteiger partial charge is 0.339 e. The Hall–Kier alpha value is -2.26. The van der Waals surface area contributed by atoms with Crippen molar-refractivity contribution in [3.63, 3.8) is 0 Å². The van der Waals surface area contributed by atoms with Crippen molar-refractivity contribution in [2.24, 2.45) is 11.8 Å². The average molecular weight is 392 g/mol. The van der Waals surface area contributed by atoms with Gasteiger partial charge in [-0.25, -0.2) is 18.1 Å². The topological polar surface area (TPSA) is 101 Å². The maximum Gasteiger partial charge on any atom is 0.261 e. The van der Waals surface area contributed by atoms with Crippen molar-refractivity contribution in [3.8, 4) is 0 Å². The van der Waals surface area contributed by atoms with E-state index in [1.54, 1.807) is 29.2 Å². The summed E-state index contributed by atoms with van der Waals surface area (Å²) in [6.45, 7) is 4.65. The summed E-state index contributed by atoms with van der Waals surface area (Å²) in [4.78, 5) is 31.2. The first kappa shape index (κ1) is 19.5. The van der Waals surface area contributed by atoms with E-state index >= 15 is 0 Å². The number of carbonyl (C=O) groups is 1. The molecular formula is C18H24N4O4S. The third-order valence-electron chi connectivity index (χ3n) is 4.98. The summed E-state index contributed by atoms with van der Waals surface area (Å²) in [6.07, 6.45) is 2.50. The van der Waals surface area contributed by atoms with Gasteiger partial charge in [-0.15, -0.1) is 0 Å². The number of likely N-dealkylation sites (tertiary alicyclic amines) is 1. The zero-order chi connectivity index (χ0) is 19.8. The van der Waals surface area contributed by atoms with Crippen LogP contribution >= 0.6 is 0 Å². The molecular weight excluding hydrogens is 368 g/mol. The molecule has 2 heterocycles. The van der Waals surface area contributed by atoms with E-state index < -0.39 is 10.0 Å². The molecule has 1 aromatic carbocycles. The van der Waals surface area contributed by atoms with Crippen LogP contribution in [0.1, 0.15) is 13.8 Å². The van der Waals surface area contributed by atoms with Crippen molar-refractivity contribution >= 4 is 26.8 Å². The standard InChI is InChI=1S/C18H24N4O4S/c1-12(2)14-8-21(9-16(14)20-27(3,25)26)17(23)10-22-11-19-15-7-5-4-6-13(15)18(22)24/h4-7,11-12,14,16,20H,8-10H2,1-3H3/t14-,16+/m0/s1. The fourth-order valence-electron chi connectivity index (χ4n) is 3.57. The smallest absolute Gasteiger partial charge is 0.261 e. The minimum atomic E-state index is -3.37. The number of benzene rings is 1. The van der Waals surface area contributed by atoms with Gasteiger partial charge in [0.25, 0.3) is 5.56 Å². The Morgan fingerprint density at radius 1 is 1.30 bits per heavy atom. The van der Waals surface area contributed by atoms with Gasteiger partial charge in [0.2, 0.25) is 15.9 Å². The minimum absolute atomic E-state index is 0.0233. The molecule has 1 N–H and O–H groups in total. The van der Waals surface area contributed by atoms with E-state index in [0.717, 1.165) is 6.26 Å². The summed E-state index contributed by atoms with van der Waals surface area (Å²) in [6, 6.07) is 6.66. The third kappa shape index (κ3) is 4.36. The molecule has 8 nitrogen and oxygen atoms in total. The summed E-state index contributed by atoms with van der Waals surface area (Å²) in [7, 11) is -3.37. The van der Waals surface area contributed by atoms with Crippen LogP contribution in [0.3, 0.4) is 0 Å². The summed E-state index contributed by atoms with van der Waals surface area (Å²) in [5, 5.41) is 0.464. The SMILES string of the molecule is CC(C)[C@@H]1CN(C(=O)Cn2cnc3ccccc3c2=O)C[C@H]1NS(C)(=O)=O. The van der Waals surface area contributed by atoms with Crippen LogP contribution in [-0.4, -0.2) is 54.2 Å². The lowest BCUT2D eigenvalue weighted by Crippen LogP contribution is -2.42. The molecule has 3 rings (SSSR count). The van der Waals surface area contributed by atoms with Crippen LogP contribution in [0.25, 0.3) is 10.9 Å². The van der Waals surface area contributed by atoms with E-state index in [4.69, 9.17) is 0 Å². The lowest BCUT2D eigenvalue weighted by Gasteiger charge is -2.21. The Morgan fingerprint density at radius 2 is 2.00 bits per heavy atom. The molecule has 1 aliphatic heterocycles. The number of para-hydroxylation sites is 1. The minimum Gasteiger partial charge on any atom is -0.339 e. The fraction of sp³-hybridized carbons (Fsp3) is 0.500. The molecule has 0 aliphatic carbocycles. The summed E-state index contributed by atoms with van der Waals surface area (Å²) >= 11 is 0. The monoisotopic (exact) mass is 392 g/mol. The summed E-state index contributed by atoms with van der Waals surface area (Å²) < 4.78 is 27.2. The van der Waals surface area contributed by atoms with Crippen LogP contribution in [-0.2, 0) is 21.4 Å². The molecule has 1 aromatic heterocycles. The van der Waals surface area contributed by atoms with Gasteiger partial charge >= 0.3 is 0 Å². The number of amides is 1. The number of carbonyl (C=O) groups excluding carboxylic acids is 1. The second-order valence-electron chi connectivity index (χ2n) is 7.40. The number of nitrogens with one attached hydrogen (secondary N) is 1. The van der Waals surface area contributed by atoms with E-state index in [0.29, 0.717) is 24.0 Å². The van der Waals surface area contributed by atoms with Gasteiger partial charge in [-0.05, 0) is 24.0 Å². The molecule has 2 atom stereocenters. The second-order valence-corrected chi connectivity index (χ2v) is 9.18. The number of nitrogens with zero attached hydrogens (tertiary/aromatic N) is 3. The van der Waals surface area contributed by atoms with E-state index in [1.807, 2.05) is 13.8 Å².